The average Bonchev–Trinajstić information content (AvgIpc) is 2.37. The van der Waals surface area contributed by atoms with Gasteiger partial charge in [-0.3, -0.25) is 4.72 Å². The highest BCUT2D eigenvalue weighted by Gasteiger charge is 2.18. The lowest BCUT2D eigenvalue weighted by molar-refractivity contribution is 0.601. The molecule has 7 heteroatoms. The summed E-state index contributed by atoms with van der Waals surface area (Å²) in [6.07, 6.45) is 0. The molecule has 0 heterocycles. The lowest BCUT2D eigenvalue weighted by Gasteiger charge is -2.13. The molecule has 0 amide bonds. The van der Waals surface area contributed by atoms with Gasteiger partial charge in [0, 0.05) is 8.95 Å². The van der Waals surface area contributed by atoms with Gasteiger partial charge in [-0.25, -0.2) is 8.42 Å². The summed E-state index contributed by atoms with van der Waals surface area (Å²) in [6.45, 7) is 3.81. The smallest absolute Gasteiger partial charge is 0.261 e. The van der Waals surface area contributed by atoms with Crippen LogP contribution in [0.3, 0.4) is 0 Å². The van der Waals surface area contributed by atoms with Crippen LogP contribution in [0.5, 0.6) is 0 Å². The molecule has 21 heavy (non-hydrogen) atoms. The maximum absolute atomic E-state index is 12.5. The molecular weight excluding hydrogens is 441 g/mol. The van der Waals surface area contributed by atoms with E-state index < -0.39 is 10.0 Å². The molecule has 2 aromatic rings. The van der Waals surface area contributed by atoms with Crippen LogP contribution in [-0.4, -0.2) is 8.42 Å². The molecule has 112 valence electrons. The van der Waals surface area contributed by atoms with Gasteiger partial charge in [0.15, 0.2) is 0 Å². The Bertz CT molecular complexity index is 784. The first-order valence-electron chi connectivity index (χ1n) is 5.95. The standard InChI is InChI=1S/C14H12Br2ClNO2S/c1-8-5-9(2)14(12(16)6-8)18-21(19,20)10-3-4-13(17)11(15)7-10/h3-7,18H,1-2H3. The number of rotatable bonds is 3. The fourth-order valence-electron chi connectivity index (χ4n) is 1.88. The van der Waals surface area contributed by atoms with Crippen molar-refractivity contribution in [1.82, 2.24) is 0 Å². The summed E-state index contributed by atoms with van der Waals surface area (Å²) < 4.78 is 28.8. The van der Waals surface area contributed by atoms with Crippen molar-refractivity contribution < 1.29 is 8.42 Å². The summed E-state index contributed by atoms with van der Waals surface area (Å²) in [5.41, 5.74) is 2.43. The Labute approximate surface area is 146 Å². The summed E-state index contributed by atoms with van der Waals surface area (Å²) in [7, 11) is -3.68. The maximum atomic E-state index is 12.5. The van der Waals surface area contributed by atoms with E-state index >= 15 is 0 Å². The summed E-state index contributed by atoms with van der Waals surface area (Å²) >= 11 is 12.5. The zero-order valence-electron chi connectivity index (χ0n) is 11.2. The van der Waals surface area contributed by atoms with Gasteiger partial charge in [-0.2, -0.15) is 0 Å². The van der Waals surface area contributed by atoms with Gasteiger partial charge in [-0.15, -0.1) is 0 Å². The summed E-state index contributed by atoms with van der Waals surface area (Å²) in [4.78, 5) is 0.144. The van der Waals surface area contributed by atoms with Gasteiger partial charge in [0.05, 0.1) is 15.6 Å². The molecule has 0 aromatic heterocycles. The zero-order chi connectivity index (χ0) is 15.8. The third-order valence-corrected chi connectivity index (χ3v) is 6.06. The number of anilines is 1. The molecule has 0 fully saturated rings. The van der Waals surface area contributed by atoms with Crippen LogP contribution in [0.15, 0.2) is 44.2 Å². The molecule has 0 aliphatic carbocycles. The van der Waals surface area contributed by atoms with E-state index in [2.05, 4.69) is 36.6 Å². The highest BCUT2D eigenvalue weighted by molar-refractivity contribution is 9.11. The molecule has 0 atom stereocenters. The number of halogens is 3. The Morgan fingerprint density at radius 3 is 2.29 bits per heavy atom. The van der Waals surface area contributed by atoms with E-state index in [0.29, 0.717) is 19.7 Å². The average molecular weight is 454 g/mol. The molecule has 0 aliphatic heterocycles. The molecule has 2 rings (SSSR count). The van der Waals surface area contributed by atoms with Gasteiger partial charge >= 0.3 is 0 Å². The van der Waals surface area contributed by atoms with E-state index in [4.69, 9.17) is 11.6 Å². The van der Waals surface area contributed by atoms with E-state index in [0.717, 1.165) is 11.1 Å². The molecule has 0 spiro atoms. The minimum atomic E-state index is -3.68. The molecule has 3 nitrogen and oxygen atoms in total. The second kappa shape index (κ2) is 6.28. The van der Waals surface area contributed by atoms with Crippen molar-refractivity contribution in [1.29, 1.82) is 0 Å². The van der Waals surface area contributed by atoms with Crippen LogP contribution in [0, 0.1) is 13.8 Å². The molecule has 0 aliphatic rings. The molecule has 0 saturated heterocycles. The number of benzene rings is 2. The second-order valence-corrected chi connectivity index (χ2v) is 8.42. The first-order valence-corrected chi connectivity index (χ1v) is 9.40. The van der Waals surface area contributed by atoms with E-state index in [1.807, 2.05) is 26.0 Å². The lowest BCUT2D eigenvalue weighted by atomic mass is 10.1. The van der Waals surface area contributed by atoms with E-state index in [1.165, 1.54) is 18.2 Å². The Morgan fingerprint density at radius 1 is 1.05 bits per heavy atom. The van der Waals surface area contributed by atoms with Gasteiger partial charge in [-0.05, 0) is 81.1 Å². The van der Waals surface area contributed by atoms with Crippen molar-refractivity contribution in [2.24, 2.45) is 0 Å². The molecule has 0 bridgehead atoms. The van der Waals surface area contributed by atoms with Crippen molar-refractivity contribution in [3.05, 3.63) is 55.4 Å². The Morgan fingerprint density at radius 2 is 1.71 bits per heavy atom. The maximum Gasteiger partial charge on any atom is 0.261 e. The molecular formula is C14H12Br2ClNO2S. The number of nitrogens with one attached hydrogen (secondary N) is 1. The van der Waals surface area contributed by atoms with Crippen LogP contribution >= 0.6 is 43.5 Å². The molecule has 0 saturated carbocycles. The molecule has 2 aromatic carbocycles. The molecule has 0 radical (unpaired) electrons. The van der Waals surface area contributed by atoms with Crippen molar-refractivity contribution in [2.45, 2.75) is 18.7 Å². The van der Waals surface area contributed by atoms with Gasteiger partial charge in [-0.1, -0.05) is 17.7 Å². The second-order valence-electron chi connectivity index (χ2n) is 4.62. The predicted octanol–water partition coefficient (Wildman–Crippen LogP) is 5.28. The van der Waals surface area contributed by atoms with Gasteiger partial charge in [0.25, 0.3) is 10.0 Å². The predicted molar refractivity (Wildman–Crippen MR) is 93.6 cm³/mol. The fourth-order valence-corrected chi connectivity index (χ4v) is 4.61. The topological polar surface area (TPSA) is 46.2 Å². The number of hydrogen-bond acceptors (Lipinski definition) is 2. The zero-order valence-corrected chi connectivity index (χ0v) is 16.0. The van der Waals surface area contributed by atoms with Crippen molar-refractivity contribution in [3.8, 4) is 0 Å². The highest BCUT2D eigenvalue weighted by atomic mass is 79.9. The third kappa shape index (κ3) is 3.80. The van der Waals surface area contributed by atoms with Crippen LogP contribution in [0.4, 0.5) is 5.69 Å². The SMILES string of the molecule is Cc1cc(C)c(NS(=O)(=O)c2ccc(Cl)c(Br)c2)c(Br)c1. The summed E-state index contributed by atoms with van der Waals surface area (Å²) in [6, 6.07) is 8.26. The van der Waals surface area contributed by atoms with Gasteiger partial charge in [0.1, 0.15) is 0 Å². The van der Waals surface area contributed by atoms with Crippen molar-refractivity contribution in [2.75, 3.05) is 4.72 Å². The molecule has 0 unspecified atom stereocenters. The monoisotopic (exact) mass is 451 g/mol. The summed E-state index contributed by atoms with van der Waals surface area (Å²) in [5.74, 6) is 0. The third-order valence-electron chi connectivity index (χ3n) is 2.87. The first-order chi connectivity index (χ1) is 9.70. The molecule has 1 N–H and O–H groups in total. The Balaban J connectivity index is 2.44. The van der Waals surface area contributed by atoms with Gasteiger partial charge < -0.3 is 0 Å². The normalized spacial score (nSPS) is 11.5. The Hall–Kier alpha value is -0.560. The van der Waals surface area contributed by atoms with E-state index in [1.54, 1.807) is 0 Å². The highest BCUT2D eigenvalue weighted by Crippen LogP contribution is 2.31. The number of sulfonamides is 1. The lowest BCUT2D eigenvalue weighted by Crippen LogP contribution is -2.14. The van der Waals surface area contributed by atoms with Gasteiger partial charge in [0.2, 0.25) is 0 Å². The first kappa shape index (κ1) is 16.8. The van der Waals surface area contributed by atoms with Crippen LogP contribution in [0.2, 0.25) is 5.02 Å². The van der Waals surface area contributed by atoms with Crippen LogP contribution in [0.25, 0.3) is 0 Å². The minimum Gasteiger partial charge on any atom is -0.278 e. The minimum absolute atomic E-state index is 0.144. The Kier molecular flexibility index (Phi) is 5.03. The van der Waals surface area contributed by atoms with Crippen LogP contribution < -0.4 is 4.72 Å². The van der Waals surface area contributed by atoms with Crippen molar-refractivity contribution >= 4 is 59.2 Å². The van der Waals surface area contributed by atoms with Crippen LogP contribution in [0.1, 0.15) is 11.1 Å². The largest absolute Gasteiger partial charge is 0.278 e. The van der Waals surface area contributed by atoms with E-state index in [9.17, 15) is 8.42 Å². The number of hydrogen-bond donors (Lipinski definition) is 1. The van der Waals surface area contributed by atoms with E-state index in [-0.39, 0.29) is 4.90 Å². The van der Waals surface area contributed by atoms with Crippen LogP contribution in [-0.2, 0) is 10.0 Å². The number of aryl methyl sites for hydroxylation is 2. The van der Waals surface area contributed by atoms with Crippen molar-refractivity contribution in [3.63, 3.8) is 0 Å². The summed E-state index contributed by atoms with van der Waals surface area (Å²) in [5, 5.41) is 0.460. The quantitative estimate of drug-likeness (QED) is 0.687. The fraction of sp³-hybridized carbons (Fsp3) is 0.143.